The van der Waals surface area contributed by atoms with E-state index in [1.807, 2.05) is 22.9 Å². The fraction of sp³-hybridized carbons (Fsp3) is 0.250. The van der Waals surface area contributed by atoms with E-state index in [4.69, 9.17) is 10.2 Å². The zero-order valence-corrected chi connectivity index (χ0v) is 13.9. The van der Waals surface area contributed by atoms with E-state index in [0.717, 1.165) is 42.0 Å². The molecule has 0 amide bonds. The SMILES string of the molecule is Cc1ccc(-c2nn(-c3ccccc3)cc2CNCCCO)cc1. The standard InChI is InChI=1S/C20H23N3O/c1-16-8-10-17(11-9-16)20-18(14-21-12-5-13-24)15-23(22-20)19-6-3-2-4-7-19/h2-4,6-11,15,21,24H,5,12-14H2,1H3. The third-order valence-corrected chi connectivity index (χ3v) is 3.96. The summed E-state index contributed by atoms with van der Waals surface area (Å²) >= 11 is 0. The molecule has 1 aromatic heterocycles. The van der Waals surface area contributed by atoms with E-state index in [-0.39, 0.29) is 6.61 Å². The number of aliphatic hydroxyl groups excluding tert-OH is 1. The molecule has 3 aromatic rings. The van der Waals surface area contributed by atoms with Gasteiger partial charge in [-0.3, -0.25) is 0 Å². The molecule has 0 saturated heterocycles. The summed E-state index contributed by atoms with van der Waals surface area (Å²) in [5, 5.41) is 17.1. The second-order valence-electron chi connectivity index (χ2n) is 5.90. The lowest BCUT2D eigenvalue weighted by molar-refractivity contribution is 0.286. The quantitative estimate of drug-likeness (QED) is 0.656. The van der Waals surface area contributed by atoms with Crippen LogP contribution in [0.25, 0.3) is 16.9 Å². The highest BCUT2D eigenvalue weighted by molar-refractivity contribution is 5.63. The average molecular weight is 321 g/mol. The molecule has 0 aliphatic rings. The molecule has 0 saturated carbocycles. The van der Waals surface area contributed by atoms with Crippen molar-refractivity contribution in [2.45, 2.75) is 19.9 Å². The van der Waals surface area contributed by atoms with E-state index in [9.17, 15) is 0 Å². The van der Waals surface area contributed by atoms with Crippen LogP contribution in [0.15, 0.2) is 60.8 Å². The van der Waals surface area contributed by atoms with Crippen LogP contribution in [-0.4, -0.2) is 28.0 Å². The first kappa shape index (κ1) is 16.4. The second-order valence-corrected chi connectivity index (χ2v) is 5.90. The third-order valence-electron chi connectivity index (χ3n) is 3.96. The van der Waals surface area contributed by atoms with E-state index in [1.165, 1.54) is 5.56 Å². The van der Waals surface area contributed by atoms with E-state index in [0.29, 0.717) is 0 Å². The number of aliphatic hydroxyl groups is 1. The Morgan fingerprint density at radius 3 is 2.50 bits per heavy atom. The van der Waals surface area contributed by atoms with Gasteiger partial charge in [0.25, 0.3) is 0 Å². The fourth-order valence-electron chi connectivity index (χ4n) is 2.63. The van der Waals surface area contributed by atoms with Crippen molar-refractivity contribution in [3.8, 4) is 16.9 Å². The van der Waals surface area contributed by atoms with Crippen LogP contribution in [0.4, 0.5) is 0 Å². The zero-order valence-electron chi connectivity index (χ0n) is 13.9. The molecule has 1 heterocycles. The highest BCUT2D eigenvalue weighted by Gasteiger charge is 2.12. The highest BCUT2D eigenvalue weighted by atomic mass is 16.3. The minimum absolute atomic E-state index is 0.209. The summed E-state index contributed by atoms with van der Waals surface area (Å²) in [6.45, 7) is 3.82. The summed E-state index contributed by atoms with van der Waals surface area (Å²) in [4.78, 5) is 0. The molecule has 0 bridgehead atoms. The highest BCUT2D eigenvalue weighted by Crippen LogP contribution is 2.24. The van der Waals surface area contributed by atoms with Gasteiger partial charge < -0.3 is 10.4 Å². The number of aromatic nitrogens is 2. The molecule has 0 atom stereocenters. The van der Waals surface area contributed by atoms with Crippen LogP contribution in [0.3, 0.4) is 0 Å². The van der Waals surface area contributed by atoms with E-state index in [2.05, 4.69) is 54.8 Å². The maximum atomic E-state index is 8.92. The topological polar surface area (TPSA) is 50.1 Å². The Bertz CT molecular complexity index is 763. The molecule has 4 nitrogen and oxygen atoms in total. The molecule has 124 valence electrons. The van der Waals surface area contributed by atoms with E-state index < -0.39 is 0 Å². The normalized spacial score (nSPS) is 10.9. The van der Waals surface area contributed by atoms with Crippen LogP contribution >= 0.6 is 0 Å². The van der Waals surface area contributed by atoms with Gasteiger partial charge in [-0.1, -0.05) is 48.0 Å². The fourth-order valence-corrected chi connectivity index (χ4v) is 2.63. The Balaban J connectivity index is 1.92. The lowest BCUT2D eigenvalue weighted by atomic mass is 10.1. The number of hydrogen-bond acceptors (Lipinski definition) is 3. The minimum atomic E-state index is 0.209. The summed E-state index contributed by atoms with van der Waals surface area (Å²) in [6.07, 6.45) is 2.84. The number of para-hydroxylation sites is 1. The Hall–Kier alpha value is -2.43. The van der Waals surface area contributed by atoms with Crippen molar-refractivity contribution in [3.63, 3.8) is 0 Å². The number of hydrogen-bond donors (Lipinski definition) is 2. The first-order valence-corrected chi connectivity index (χ1v) is 8.30. The number of nitrogens with zero attached hydrogens (tertiary/aromatic N) is 2. The van der Waals surface area contributed by atoms with Crippen molar-refractivity contribution in [2.24, 2.45) is 0 Å². The molecule has 24 heavy (non-hydrogen) atoms. The molecular weight excluding hydrogens is 298 g/mol. The number of rotatable bonds is 7. The Morgan fingerprint density at radius 1 is 1.04 bits per heavy atom. The molecule has 0 fully saturated rings. The Morgan fingerprint density at radius 2 is 1.79 bits per heavy atom. The predicted octanol–water partition coefficient (Wildman–Crippen LogP) is 3.32. The van der Waals surface area contributed by atoms with Crippen molar-refractivity contribution >= 4 is 0 Å². The first-order valence-electron chi connectivity index (χ1n) is 8.30. The van der Waals surface area contributed by atoms with Gasteiger partial charge in [-0.25, -0.2) is 4.68 Å². The summed E-state index contributed by atoms with van der Waals surface area (Å²) in [7, 11) is 0. The summed E-state index contributed by atoms with van der Waals surface area (Å²) in [5.74, 6) is 0. The molecular formula is C20H23N3O. The van der Waals surface area contributed by atoms with Gasteiger partial charge in [0.15, 0.2) is 0 Å². The van der Waals surface area contributed by atoms with Crippen LogP contribution in [0.1, 0.15) is 17.5 Å². The smallest absolute Gasteiger partial charge is 0.0972 e. The molecule has 2 aromatic carbocycles. The monoisotopic (exact) mass is 321 g/mol. The number of aryl methyl sites for hydroxylation is 1. The zero-order chi connectivity index (χ0) is 16.8. The Kier molecular flexibility index (Phi) is 5.41. The third kappa shape index (κ3) is 3.91. The first-order chi connectivity index (χ1) is 11.8. The Labute approximate surface area is 142 Å². The van der Waals surface area contributed by atoms with Gasteiger partial charge in [-0.2, -0.15) is 5.10 Å². The maximum Gasteiger partial charge on any atom is 0.0972 e. The number of nitrogens with one attached hydrogen (secondary N) is 1. The van der Waals surface area contributed by atoms with Gasteiger partial charge in [-0.05, 0) is 32.0 Å². The van der Waals surface area contributed by atoms with Gasteiger partial charge >= 0.3 is 0 Å². The summed E-state index contributed by atoms with van der Waals surface area (Å²) in [6, 6.07) is 18.6. The molecule has 0 unspecified atom stereocenters. The molecule has 0 aliphatic carbocycles. The van der Waals surface area contributed by atoms with Crippen LogP contribution in [0.2, 0.25) is 0 Å². The van der Waals surface area contributed by atoms with Crippen LogP contribution in [0, 0.1) is 6.92 Å². The lowest BCUT2D eigenvalue weighted by Gasteiger charge is -2.04. The summed E-state index contributed by atoms with van der Waals surface area (Å²) < 4.78 is 1.93. The second kappa shape index (κ2) is 7.90. The minimum Gasteiger partial charge on any atom is -0.396 e. The maximum absolute atomic E-state index is 8.92. The largest absolute Gasteiger partial charge is 0.396 e. The lowest BCUT2D eigenvalue weighted by Crippen LogP contribution is -2.15. The van der Waals surface area contributed by atoms with Crippen molar-refractivity contribution in [1.29, 1.82) is 0 Å². The van der Waals surface area contributed by atoms with Crippen molar-refractivity contribution in [2.75, 3.05) is 13.2 Å². The van der Waals surface area contributed by atoms with E-state index >= 15 is 0 Å². The molecule has 0 radical (unpaired) electrons. The molecule has 2 N–H and O–H groups in total. The van der Waals surface area contributed by atoms with Gasteiger partial charge in [0.1, 0.15) is 0 Å². The van der Waals surface area contributed by atoms with E-state index in [1.54, 1.807) is 0 Å². The number of benzene rings is 2. The average Bonchev–Trinajstić information content (AvgIpc) is 3.04. The molecule has 4 heteroatoms. The van der Waals surface area contributed by atoms with Crippen molar-refractivity contribution < 1.29 is 5.11 Å². The van der Waals surface area contributed by atoms with Crippen molar-refractivity contribution in [1.82, 2.24) is 15.1 Å². The van der Waals surface area contributed by atoms with Crippen LogP contribution in [0.5, 0.6) is 0 Å². The summed E-state index contributed by atoms with van der Waals surface area (Å²) in [5.41, 5.74) is 5.56. The van der Waals surface area contributed by atoms with Crippen LogP contribution < -0.4 is 5.32 Å². The molecule has 0 spiro atoms. The molecule has 0 aliphatic heterocycles. The van der Waals surface area contributed by atoms with Gasteiger partial charge in [0.2, 0.25) is 0 Å². The molecule has 3 rings (SSSR count). The predicted molar refractivity (Wildman–Crippen MR) is 97.1 cm³/mol. The van der Waals surface area contributed by atoms with Gasteiger partial charge in [0.05, 0.1) is 11.4 Å². The van der Waals surface area contributed by atoms with Crippen molar-refractivity contribution in [3.05, 3.63) is 71.9 Å². The van der Waals surface area contributed by atoms with Gasteiger partial charge in [-0.15, -0.1) is 0 Å². The van der Waals surface area contributed by atoms with Crippen LogP contribution in [-0.2, 0) is 6.54 Å². The van der Waals surface area contributed by atoms with Gasteiger partial charge in [0, 0.05) is 30.5 Å².